The summed E-state index contributed by atoms with van der Waals surface area (Å²) in [5.74, 6) is -3.55. The molecular formula is C32H32Cl6O8. The van der Waals surface area contributed by atoms with Gasteiger partial charge in [-0.25, -0.2) is 19.2 Å². The Morgan fingerprint density at radius 2 is 0.913 bits per heavy atom. The van der Waals surface area contributed by atoms with Gasteiger partial charge in [0.2, 0.25) is 0 Å². The van der Waals surface area contributed by atoms with E-state index < -0.39 is 46.5 Å². The minimum Gasteiger partial charge on any atom is -0.462 e. The summed E-state index contributed by atoms with van der Waals surface area (Å²) in [6.45, 7) is 8.66. The van der Waals surface area contributed by atoms with Crippen LogP contribution in [0.4, 0.5) is 0 Å². The zero-order valence-electron chi connectivity index (χ0n) is 25.4. The Morgan fingerprint density at radius 1 is 0.587 bits per heavy atom. The van der Waals surface area contributed by atoms with Crippen molar-refractivity contribution in [1.29, 1.82) is 0 Å². The van der Waals surface area contributed by atoms with E-state index in [1.165, 1.54) is 0 Å². The van der Waals surface area contributed by atoms with E-state index in [1.54, 1.807) is 0 Å². The summed E-state index contributed by atoms with van der Waals surface area (Å²) in [7, 11) is 0. The van der Waals surface area contributed by atoms with Gasteiger partial charge in [-0.15, -0.1) is 0 Å². The zero-order chi connectivity index (χ0) is 34.0. The highest BCUT2D eigenvalue weighted by Gasteiger charge is 2.36. The van der Waals surface area contributed by atoms with Gasteiger partial charge in [-0.2, -0.15) is 0 Å². The fourth-order valence-electron chi connectivity index (χ4n) is 6.45. The first-order valence-electron chi connectivity index (χ1n) is 14.7. The second kappa shape index (κ2) is 15.5. The van der Waals surface area contributed by atoms with E-state index in [-0.39, 0.29) is 43.3 Å². The Bertz CT molecular complexity index is 1420. The standard InChI is InChI=1S/C32H32Cl6O8/c1-13-9-14(2)17(13)5-7-43-29(39)23-25(37)19(33)11-21(35)27(23)45-31(41)32(42)46-28-22(36)12-20(34)26(38)24(28)30(40)44-8-6-18-15(3)10-16(18)4/h11-18H,5-10H2,1-4H3. The van der Waals surface area contributed by atoms with Crippen molar-refractivity contribution >= 4 is 93.5 Å². The minimum atomic E-state index is -1.64. The third-order valence-corrected chi connectivity index (χ3v) is 11.1. The lowest BCUT2D eigenvalue weighted by Crippen LogP contribution is -2.33. The lowest BCUT2D eigenvalue weighted by molar-refractivity contribution is -0.156. The van der Waals surface area contributed by atoms with Gasteiger partial charge in [0.15, 0.2) is 11.5 Å². The number of rotatable bonds is 10. The first kappa shape index (κ1) is 36.9. The molecule has 0 aliphatic heterocycles. The van der Waals surface area contributed by atoms with E-state index in [2.05, 4.69) is 27.7 Å². The summed E-state index contributed by atoms with van der Waals surface area (Å²) in [5.41, 5.74) is -0.913. The van der Waals surface area contributed by atoms with Gasteiger partial charge in [0.05, 0.1) is 43.3 Å². The molecule has 2 saturated carbocycles. The molecule has 250 valence electrons. The molecule has 0 spiro atoms. The van der Waals surface area contributed by atoms with Crippen LogP contribution in [0.15, 0.2) is 12.1 Å². The van der Waals surface area contributed by atoms with E-state index >= 15 is 0 Å². The van der Waals surface area contributed by atoms with Crippen molar-refractivity contribution in [1.82, 2.24) is 0 Å². The fourth-order valence-corrected chi connectivity index (χ4v) is 7.89. The molecule has 0 heterocycles. The van der Waals surface area contributed by atoms with Gasteiger partial charge in [0.25, 0.3) is 0 Å². The molecule has 2 aliphatic rings. The number of ether oxygens (including phenoxy) is 4. The number of benzene rings is 2. The Kier molecular flexibility index (Phi) is 12.4. The van der Waals surface area contributed by atoms with Gasteiger partial charge in [-0.1, -0.05) is 97.3 Å². The number of hydrogen-bond donors (Lipinski definition) is 0. The molecule has 0 aromatic heterocycles. The van der Waals surface area contributed by atoms with Gasteiger partial charge in [0, 0.05) is 0 Å². The number of halogens is 6. The Hall–Kier alpha value is -1.94. The first-order valence-corrected chi connectivity index (χ1v) is 17.0. The summed E-state index contributed by atoms with van der Waals surface area (Å²) >= 11 is 37.3. The van der Waals surface area contributed by atoms with E-state index in [4.69, 9.17) is 88.6 Å². The van der Waals surface area contributed by atoms with Crippen LogP contribution in [-0.2, 0) is 19.1 Å². The van der Waals surface area contributed by atoms with Crippen LogP contribution in [0.1, 0.15) is 74.1 Å². The first-order chi connectivity index (χ1) is 21.6. The molecule has 4 unspecified atom stereocenters. The highest BCUT2D eigenvalue weighted by Crippen LogP contribution is 2.44. The van der Waals surface area contributed by atoms with Crippen LogP contribution in [0.25, 0.3) is 0 Å². The smallest absolute Gasteiger partial charge is 0.423 e. The largest absolute Gasteiger partial charge is 0.462 e. The normalized spacial score (nSPS) is 23.5. The maximum absolute atomic E-state index is 13.1. The molecule has 0 saturated heterocycles. The van der Waals surface area contributed by atoms with Crippen LogP contribution in [0.2, 0.25) is 30.1 Å². The van der Waals surface area contributed by atoms with Crippen LogP contribution < -0.4 is 9.47 Å². The number of esters is 4. The molecule has 4 atom stereocenters. The average Bonchev–Trinajstić information content (AvgIpc) is 2.98. The summed E-state index contributed by atoms with van der Waals surface area (Å²) in [5, 5.41) is -1.46. The average molecular weight is 757 g/mol. The van der Waals surface area contributed by atoms with E-state index in [1.807, 2.05) is 0 Å². The Balaban J connectivity index is 1.50. The van der Waals surface area contributed by atoms with E-state index in [0.29, 0.717) is 48.3 Å². The lowest BCUT2D eigenvalue weighted by atomic mass is 9.65. The van der Waals surface area contributed by atoms with Crippen LogP contribution in [-0.4, -0.2) is 37.1 Å². The molecule has 0 N–H and O–H groups in total. The maximum Gasteiger partial charge on any atom is 0.423 e. The third-order valence-electron chi connectivity index (χ3n) is 9.00. The second-order valence-electron chi connectivity index (χ2n) is 12.1. The van der Waals surface area contributed by atoms with Crippen molar-refractivity contribution in [3.63, 3.8) is 0 Å². The molecule has 14 heteroatoms. The molecular weight excluding hydrogens is 725 g/mol. The monoisotopic (exact) mass is 754 g/mol. The molecule has 0 bridgehead atoms. The Morgan fingerprint density at radius 3 is 1.22 bits per heavy atom. The van der Waals surface area contributed by atoms with E-state index in [0.717, 1.165) is 25.0 Å². The summed E-state index contributed by atoms with van der Waals surface area (Å²) in [6, 6.07) is 2.26. The highest BCUT2D eigenvalue weighted by molar-refractivity contribution is 6.47. The molecule has 4 rings (SSSR count). The number of carbonyl (C=O) groups excluding carboxylic acids is 4. The topological polar surface area (TPSA) is 105 Å². The molecule has 2 aliphatic carbocycles. The third kappa shape index (κ3) is 8.01. The predicted molar refractivity (Wildman–Crippen MR) is 177 cm³/mol. The predicted octanol–water partition coefficient (Wildman–Crippen LogP) is 9.80. The van der Waals surface area contributed by atoms with Crippen molar-refractivity contribution < 1.29 is 38.1 Å². The minimum absolute atomic E-state index is 0.0709. The van der Waals surface area contributed by atoms with Crippen LogP contribution in [0.5, 0.6) is 11.5 Å². The molecule has 2 fully saturated rings. The number of hydrogen-bond acceptors (Lipinski definition) is 8. The molecule has 46 heavy (non-hydrogen) atoms. The highest BCUT2D eigenvalue weighted by atomic mass is 35.5. The van der Waals surface area contributed by atoms with Crippen LogP contribution in [0.3, 0.4) is 0 Å². The van der Waals surface area contributed by atoms with Crippen molar-refractivity contribution in [3.8, 4) is 11.5 Å². The fraction of sp³-hybridized carbons (Fsp3) is 0.500. The zero-order valence-corrected chi connectivity index (χ0v) is 29.9. The molecule has 0 amide bonds. The van der Waals surface area contributed by atoms with Crippen molar-refractivity contribution in [2.75, 3.05) is 13.2 Å². The SMILES string of the molecule is CC1CC(C)C1CCOC(=O)c1c(Cl)c(Cl)cc(Cl)c1OC(=O)C(=O)Oc1c(Cl)cc(Cl)c(Cl)c1C(=O)OCCC1C(C)CC1C. The van der Waals surface area contributed by atoms with Crippen LogP contribution >= 0.6 is 69.6 Å². The van der Waals surface area contributed by atoms with Crippen LogP contribution in [0, 0.1) is 35.5 Å². The van der Waals surface area contributed by atoms with Crippen molar-refractivity contribution in [2.24, 2.45) is 35.5 Å². The second-order valence-corrected chi connectivity index (χ2v) is 14.4. The van der Waals surface area contributed by atoms with Gasteiger partial charge in [0.1, 0.15) is 11.1 Å². The molecule has 2 aromatic carbocycles. The lowest BCUT2D eigenvalue weighted by Gasteiger charge is -2.41. The molecule has 0 radical (unpaired) electrons. The van der Waals surface area contributed by atoms with Gasteiger partial charge in [-0.05, 0) is 73.3 Å². The summed E-state index contributed by atoms with van der Waals surface area (Å²) in [4.78, 5) is 52.1. The molecule has 8 nitrogen and oxygen atoms in total. The van der Waals surface area contributed by atoms with Crippen molar-refractivity contribution in [3.05, 3.63) is 53.4 Å². The van der Waals surface area contributed by atoms with Gasteiger partial charge >= 0.3 is 23.9 Å². The van der Waals surface area contributed by atoms with Crippen molar-refractivity contribution in [2.45, 2.75) is 53.4 Å². The van der Waals surface area contributed by atoms with E-state index in [9.17, 15) is 19.2 Å². The quantitative estimate of drug-likeness (QED) is 0.102. The summed E-state index contributed by atoms with van der Waals surface area (Å²) in [6.07, 6.45) is 3.43. The maximum atomic E-state index is 13.1. The van der Waals surface area contributed by atoms with Gasteiger partial charge in [-0.3, -0.25) is 0 Å². The number of carbonyl (C=O) groups is 4. The molecule has 2 aromatic rings. The van der Waals surface area contributed by atoms with Gasteiger partial charge < -0.3 is 18.9 Å². The Labute approximate surface area is 297 Å². The summed E-state index contributed by atoms with van der Waals surface area (Å²) < 4.78 is 21.2.